The maximum Gasteiger partial charge on any atom is 0.240 e. The molecule has 0 unspecified atom stereocenters. The van der Waals surface area contributed by atoms with E-state index in [4.69, 9.17) is 4.98 Å². The van der Waals surface area contributed by atoms with Crippen molar-refractivity contribution >= 4 is 28.6 Å². The molecule has 4 nitrogen and oxygen atoms in total. The Kier molecular flexibility index (Phi) is 5.18. The van der Waals surface area contributed by atoms with Crippen LogP contribution in [-0.2, 0) is 17.9 Å². The van der Waals surface area contributed by atoms with Gasteiger partial charge in [-0.1, -0.05) is 35.9 Å². The minimum absolute atomic E-state index is 0.00355. The molecule has 6 heteroatoms. The third kappa shape index (κ3) is 4.18. The normalized spacial score (nSPS) is 10.9. The number of thiazole rings is 1. The van der Waals surface area contributed by atoms with Crippen LogP contribution in [0.4, 0.5) is 0 Å². The molecule has 0 aliphatic rings. The van der Waals surface area contributed by atoms with Gasteiger partial charge in [0, 0.05) is 22.0 Å². The van der Waals surface area contributed by atoms with E-state index in [1.165, 1.54) is 5.56 Å². The van der Waals surface area contributed by atoms with Gasteiger partial charge in [-0.15, -0.1) is 22.7 Å². The molecular formula is C21H19N3OS2. The van der Waals surface area contributed by atoms with Gasteiger partial charge in [-0.25, -0.2) is 4.98 Å². The Morgan fingerprint density at radius 2 is 1.96 bits per heavy atom. The summed E-state index contributed by atoms with van der Waals surface area (Å²) >= 11 is 3.24. The zero-order valence-corrected chi connectivity index (χ0v) is 16.5. The molecule has 0 aliphatic carbocycles. The SMILES string of the molecule is Cc1ccc(-c2csc(-c3cccn3CC(=O)NCc3cccs3)n2)cc1. The molecular weight excluding hydrogens is 374 g/mol. The first-order chi connectivity index (χ1) is 13.2. The molecule has 4 rings (SSSR count). The predicted molar refractivity (Wildman–Crippen MR) is 112 cm³/mol. The number of nitrogens with one attached hydrogen (secondary N) is 1. The zero-order valence-electron chi connectivity index (χ0n) is 14.9. The Labute approximate surface area is 166 Å². The number of hydrogen-bond acceptors (Lipinski definition) is 4. The highest BCUT2D eigenvalue weighted by atomic mass is 32.1. The van der Waals surface area contributed by atoms with Crippen molar-refractivity contribution in [3.8, 4) is 22.0 Å². The Bertz CT molecular complexity index is 1030. The van der Waals surface area contributed by atoms with Crippen LogP contribution in [0.15, 0.2) is 65.5 Å². The molecule has 1 N–H and O–H groups in total. The monoisotopic (exact) mass is 393 g/mol. The van der Waals surface area contributed by atoms with Gasteiger partial charge in [-0.05, 0) is 30.5 Å². The maximum atomic E-state index is 12.3. The van der Waals surface area contributed by atoms with Gasteiger partial charge in [0.2, 0.25) is 5.91 Å². The molecule has 4 aromatic rings. The van der Waals surface area contributed by atoms with E-state index in [1.54, 1.807) is 22.7 Å². The van der Waals surface area contributed by atoms with Crippen molar-refractivity contribution in [1.82, 2.24) is 14.9 Å². The van der Waals surface area contributed by atoms with Crippen LogP contribution in [0.25, 0.3) is 22.0 Å². The fourth-order valence-electron chi connectivity index (χ4n) is 2.80. The lowest BCUT2D eigenvalue weighted by atomic mass is 10.1. The number of hydrogen-bond donors (Lipinski definition) is 1. The van der Waals surface area contributed by atoms with Crippen LogP contribution in [0.3, 0.4) is 0 Å². The summed E-state index contributed by atoms with van der Waals surface area (Å²) in [4.78, 5) is 18.2. The first kappa shape index (κ1) is 17.7. The minimum Gasteiger partial charge on any atom is -0.350 e. The van der Waals surface area contributed by atoms with Gasteiger partial charge < -0.3 is 9.88 Å². The quantitative estimate of drug-likeness (QED) is 0.503. The lowest BCUT2D eigenvalue weighted by molar-refractivity contribution is -0.121. The summed E-state index contributed by atoms with van der Waals surface area (Å²) in [5.41, 5.74) is 4.26. The van der Waals surface area contributed by atoms with Gasteiger partial charge in [0.1, 0.15) is 11.6 Å². The Balaban J connectivity index is 1.47. The van der Waals surface area contributed by atoms with E-state index in [1.807, 2.05) is 40.4 Å². The van der Waals surface area contributed by atoms with Crippen LogP contribution in [-0.4, -0.2) is 15.5 Å². The van der Waals surface area contributed by atoms with E-state index in [0.717, 1.165) is 26.8 Å². The van der Waals surface area contributed by atoms with E-state index in [9.17, 15) is 4.79 Å². The number of benzene rings is 1. The summed E-state index contributed by atoms with van der Waals surface area (Å²) < 4.78 is 1.95. The zero-order chi connectivity index (χ0) is 18.6. The van der Waals surface area contributed by atoms with Crippen LogP contribution in [0.5, 0.6) is 0 Å². The van der Waals surface area contributed by atoms with Crippen LogP contribution >= 0.6 is 22.7 Å². The van der Waals surface area contributed by atoms with Crippen molar-refractivity contribution in [1.29, 1.82) is 0 Å². The molecule has 0 fully saturated rings. The van der Waals surface area contributed by atoms with Crippen LogP contribution in [0.1, 0.15) is 10.4 Å². The van der Waals surface area contributed by atoms with Gasteiger partial charge in [0.05, 0.1) is 17.9 Å². The molecule has 27 heavy (non-hydrogen) atoms. The number of nitrogens with zero attached hydrogens (tertiary/aromatic N) is 2. The highest BCUT2D eigenvalue weighted by molar-refractivity contribution is 7.13. The highest BCUT2D eigenvalue weighted by Crippen LogP contribution is 2.29. The van der Waals surface area contributed by atoms with Crippen LogP contribution < -0.4 is 5.32 Å². The average Bonchev–Trinajstić information content (AvgIpc) is 3.42. The van der Waals surface area contributed by atoms with Crippen LogP contribution in [0.2, 0.25) is 0 Å². The van der Waals surface area contributed by atoms with E-state index in [-0.39, 0.29) is 12.5 Å². The fourth-order valence-corrected chi connectivity index (χ4v) is 4.32. The van der Waals surface area contributed by atoms with Gasteiger partial charge in [0.25, 0.3) is 0 Å². The lowest BCUT2D eigenvalue weighted by Gasteiger charge is -2.08. The van der Waals surface area contributed by atoms with Crippen molar-refractivity contribution in [2.75, 3.05) is 0 Å². The Hall–Kier alpha value is -2.70. The van der Waals surface area contributed by atoms with Crippen molar-refractivity contribution < 1.29 is 4.79 Å². The van der Waals surface area contributed by atoms with E-state index in [0.29, 0.717) is 6.54 Å². The smallest absolute Gasteiger partial charge is 0.240 e. The molecule has 3 aromatic heterocycles. The first-order valence-electron chi connectivity index (χ1n) is 8.66. The number of rotatable bonds is 6. The molecule has 3 heterocycles. The number of aryl methyl sites for hydroxylation is 1. The third-order valence-corrected chi connectivity index (χ3v) is 6.00. The van der Waals surface area contributed by atoms with Gasteiger partial charge in [0.15, 0.2) is 0 Å². The fraction of sp³-hybridized carbons (Fsp3) is 0.143. The summed E-state index contributed by atoms with van der Waals surface area (Å²) in [5, 5.41) is 7.97. The van der Waals surface area contributed by atoms with Crippen molar-refractivity contribution in [3.05, 3.63) is 75.9 Å². The lowest BCUT2D eigenvalue weighted by Crippen LogP contribution is -2.26. The summed E-state index contributed by atoms with van der Waals surface area (Å²) in [7, 11) is 0. The molecule has 0 aliphatic heterocycles. The Morgan fingerprint density at radius 1 is 1.11 bits per heavy atom. The number of thiophene rings is 1. The van der Waals surface area contributed by atoms with E-state index >= 15 is 0 Å². The molecule has 0 spiro atoms. The molecule has 0 saturated heterocycles. The molecule has 1 aromatic carbocycles. The average molecular weight is 394 g/mol. The molecule has 0 radical (unpaired) electrons. The van der Waals surface area contributed by atoms with Crippen molar-refractivity contribution in [2.24, 2.45) is 0 Å². The van der Waals surface area contributed by atoms with Gasteiger partial charge >= 0.3 is 0 Å². The van der Waals surface area contributed by atoms with Crippen molar-refractivity contribution in [3.63, 3.8) is 0 Å². The van der Waals surface area contributed by atoms with E-state index < -0.39 is 0 Å². The molecule has 136 valence electrons. The molecule has 0 atom stereocenters. The van der Waals surface area contributed by atoms with Gasteiger partial charge in [-0.2, -0.15) is 0 Å². The van der Waals surface area contributed by atoms with Crippen LogP contribution in [0, 0.1) is 6.92 Å². The first-order valence-corrected chi connectivity index (χ1v) is 10.4. The second kappa shape index (κ2) is 7.90. The largest absolute Gasteiger partial charge is 0.350 e. The predicted octanol–water partition coefficient (Wildman–Crippen LogP) is 4.96. The van der Waals surface area contributed by atoms with Gasteiger partial charge in [-0.3, -0.25) is 4.79 Å². The standard InChI is InChI=1S/C21H19N3OS2/c1-15-6-8-16(9-7-15)18-14-27-21(23-18)19-5-2-10-24(19)13-20(25)22-12-17-4-3-11-26-17/h2-11,14H,12-13H2,1H3,(H,22,25). The summed E-state index contributed by atoms with van der Waals surface area (Å²) in [6, 6.07) is 16.3. The molecule has 1 amide bonds. The highest BCUT2D eigenvalue weighted by Gasteiger charge is 2.12. The number of aromatic nitrogens is 2. The molecule has 0 saturated carbocycles. The second-order valence-corrected chi connectivity index (χ2v) is 8.17. The maximum absolute atomic E-state index is 12.3. The number of carbonyl (C=O) groups excluding carboxylic acids is 1. The third-order valence-electron chi connectivity index (χ3n) is 4.25. The summed E-state index contributed by atoms with van der Waals surface area (Å²) in [5.74, 6) is -0.00355. The Morgan fingerprint density at radius 3 is 2.74 bits per heavy atom. The second-order valence-electron chi connectivity index (χ2n) is 6.28. The molecule has 0 bridgehead atoms. The van der Waals surface area contributed by atoms with Crippen molar-refractivity contribution in [2.45, 2.75) is 20.0 Å². The summed E-state index contributed by atoms with van der Waals surface area (Å²) in [6.45, 7) is 2.93. The number of carbonyl (C=O) groups is 1. The minimum atomic E-state index is -0.00355. The topological polar surface area (TPSA) is 46.9 Å². The van der Waals surface area contributed by atoms with E-state index in [2.05, 4.69) is 41.9 Å². The summed E-state index contributed by atoms with van der Waals surface area (Å²) in [6.07, 6.45) is 1.92. The number of amides is 1.